The van der Waals surface area contributed by atoms with Gasteiger partial charge in [0.05, 0.1) is 256 Å². The highest BCUT2D eigenvalue weighted by Crippen LogP contribution is 2.24. The van der Waals surface area contributed by atoms with Crippen LogP contribution >= 0.6 is 23.6 Å². The van der Waals surface area contributed by atoms with E-state index in [0.717, 1.165) is 10.4 Å². The van der Waals surface area contributed by atoms with Crippen LogP contribution in [0.2, 0.25) is 0 Å². The maximum absolute atomic E-state index is 12.2. The zero-order chi connectivity index (χ0) is 53.1. The van der Waals surface area contributed by atoms with Gasteiger partial charge in [0.1, 0.15) is 0 Å². The molecule has 0 aliphatic carbocycles. The highest BCUT2D eigenvalue weighted by molar-refractivity contribution is 7.91. The predicted molar refractivity (Wildman–Crippen MR) is 273 cm³/mol. The van der Waals surface area contributed by atoms with Crippen molar-refractivity contribution in [2.24, 2.45) is 0 Å². The molecule has 440 valence electrons. The second-order valence-corrected chi connectivity index (χ2v) is 19.1. The van der Waals surface area contributed by atoms with Crippen LogP contribution < -0.4 is 0 Å². The summed E-state index contributed by atoms with van der Waals surface area (Å²) >= 11 is 11.5. The van der Waals surface area contributed by atoms with E-state index in [1.807, 2.05) is 0 Å². The number of rotatable bonds is 65. The van der Waals surface area contributed by atoms with Crippen LogP contribution in [-0.2, 0) is 105 Å². The van der Waals surface area contributed by atoms with E-state index >= 15 is 0 Å². The summed E-state index contributed by atoms with van der Waals surface area (Å²) < 4.78 is 134. The number of hydrogen-bond acceptors (Lipinski definition) is 23. The van der Waals surface area contributed by atoms with Gasteiger partial charge in [-0.1, -0.05) is 0 Å². The topological polar surface area (TPSA) is 222 Å². The van der Waals surface area contributed by atoms with Crippen molar-refractivity contribution < 1.29 is 103 Å². The molecule has 0 radical (unpaired) electrons. The Morgan fingerprint density at radius 1 is 0.288 bits per heavy atom. The molecule has 73 heavy (non-hydrogen) atoms. The van der Waals surface area contributed by atoms with Gasteiger partial charge in [-0.05, 0) is 50.2 Å². The van der Waals surface area contributed by atoms with Crippen molar-refractivity contribution in [3.8, 4) is 0 Å². The lowest BCUT2D eigenvalue weighted by Crippen LogP contribution is -2.34. The maximum Gasteiger partial charge on any atom is 0.152 e. The average Bonchev–Trinajstić information content (AvgIpc) is 3.37. The second-order valence-electron chi connectivity index (χ2n) is 15.9. The molecule has 0 aromatic carbocycles. The van der Waals surface area contributed by atoms with E-state index in [9.17, 15) is 8.42 Å². The molecule has 0 saturated heterocycles. The predicted octanol–water partition coefficient (Wildman–Crippen LogP) is 2.53. The first-order valence-electron chi connectivity index (χ1n) is 25.5. The first-order valence-corrected chi connectivity index (χ1v) is 28.0. The molecule has 0 bridgehead atoms. The lowest BCUT2D eigenvalue weighted by atomic mass is 10.0. The van der Waals surface area contributed by atoms with E-state index in [-0.39, 0.29) is 18.1 Å². The molecule has 0 amide bonds. The second kappa shape index (κ2) is 59.4. The normalized spacial score (nSPS) is 12.3. The lowest BCUT2D eigenvalue weighted by molar-refractivity contribution is -0.0274. The van der Waals surface area contributed by atoms with Gasteiger partial charge in [-0.15, -0.1) is 3.94 Å². The minimum Gasteiger partial charge on any atom is -0.382 e. The quantitative estimate of drug-likeness (QED) is 0.0631. The van der Waals surface area contributed by atoms with Gasteiger partial charge in [0.15, 0.2) is 9.84 Å². The van der Waals surface area contributed by atoms with Crippen molar-refractivity contribution in [2.45, 2.75) is 32.2 Å². The van der Waals surface area contributed by atoms with Crippen molar-refractivity contribution in [3.05, 3.63) is 0 Å². The van der Waals surface area contributed by atoms with E-state index in [0.29, 0.717) is 257 Å². The lowest BCUT2D eigenvalue weighted by Gasteiger charge is -2.27. The summed E-state index contributed by atoms with van der Waals surface area (Å²) in [6, 6.07) is 0. The summed E-state index contributed by atoms with van der Waals surface area (Å²) in [6.07, 6.45) is 1.11. The average molecular weight is 1130 g/mol. The summed E-state index contributed by atoms with van der Waals surface area (Å²) in [6.45, 7) is 22.3. The Labute approximate surface area is 447 Å². The molecule has 0 aromatic heterocycles. The highest BCUT2D eigenvalue weighted by Gasteiger charge is 2.27. The summed E-state index contributed by atoms with van der Waals surface area (Å²) in [5.41, 5.74) is -0.637. The van der Waals surface area contributed by atoms with Crippen molar-refractivity contribution >= 4 is 33.4 Å². The molecule has 0 fully saturated rings. The fraction of sp³-hybridized carbons (Fsp3) is 1.00. The molecular formula is C47H95Cl2NO22S. The summed E-state index contributed by atoms with van der Waals surface area (Å²) in [5, 5.41) is 0. The Morgan fingerprint density at radius 2 is 0.466 bits per heavy atom. The largest absolute Gasteiger partial charge is 0.382 e. The van der Waals surface area contributed by atoms with Gasteiger partial charge < -0.3 is 94.7 Å². The first kappa shape index (κ1) is 72.7. The number of methoxy groups -OCH3 is 1. The van der Waals surface area contributed by atoms with Gasteiger partial charge >= 0.3 is 0 Å². The molecule has 0 heterocycles. The zero-order valence-electron chi connectivity index (χ0n) is 44.5. The van der Waals surface area contributed by atoms with Crippen LogP contribution in [0.25, 0.3) is 0 Å². The Hall–Kier alpha value is -0.310. The molecule has 0 aliphatic heterocycles. The fourth-order valence-electron chi connectivity index (χ4n) is 5.13. The van der Waals surface area contributed by atoms with Crippen molar-refractivity contribution in [2.75, 3.05) is 276 Å². The van der Waals surface area contributed by atoms with Gasteiger partial charge in [-0.2, -0.15) is 0 Å². The number of nitrogens with zero attached hydrogens (tertiary/aromatic N) is 1. The molecule has 0 spiro atoms. The number of ether oxygens (including phenoxy) is 20. The first-order chi connectivity index (χ1) is 35.7. The van der Waals surface area contributed by atoms with E-state index < -0.39 is 15.4 Å². The standard InChI is InChI=1S/C47H95Cl2NO22S/c1-47(2,50(48)49)5-45-73(51,52)46-44-72-43-42-71-41-40-70-39-38-69-37-36-68-35-34-67-31-29-64-25-23-61-19-17-58-13-11-55-7-4-6-54-10-12-57-16-18-60-22-24-63-28-30-66-33-32-65-27-26-62-21-20-59-15-14-56-9-8-53-3/h4-46H2,1-3H3. The van der Waals surface area contributed by atoms with Gasteiger partial charge in [0, 0.05) is 25.9 Å². The molecule has 0 unspecified atom stereocenters. The Bertz CT molecular complexity index is 1180. The van der Waals surface area contributed by atoms with Crippen LogP contribution in [0.15, 0.2) is 0 Å². The molecule has 26 heteroatoms. The number of halogens is 2. The summed E-state index contributed by atoms with van der Waals surface area (Å²) in [5.74, 6) is -0.0903. The fourth-order valence-corrected chi connectivity index (χ4v) is 6.68. The van der Waals surface area contributed by atoms with Crippen molar-refractivity contribution in [1.29, 1.82) is 0 Å². The minimum absolute atomic E-state index is 0.0213. The maximum atomic E-state index is 12.2. The molecule has 0 saturated carbocycles. The van der Waals surface area contributed by atoms with Crippen molar-refractivity contribution in [1.82, 2.24) is 3.94 Å². The minimum atomic E-state index is -3.26. The molecule has 0 aliphatic rings. The SMILES string of the molecule is COCCOCCOCCOCCOCCOCCOCCOCCOCCOCCCOCCOCCOCCOCCOCCOCCOCCOCCOCCOCCS(=O)(=O)CCC(C)(C)N(Cl)Cl. The van der Waals surface area contributed by atoms with Gasteiger partial charge in [0.25, 0.3) is 0 Å². The third kappa shape index (κ3) is 60.8. The Kier molecular flexibility index (Phi) is 59.1. The van der Waals surface area contributed by atoms with Crippen LogP contribution in [0.3, 0.4) is 0 Å². The molecule has 0 rings (SSSR count). The van der Waals surface area contributed by atoms with Crippen LogP contribution in [0.5, 0.6) is 0 Å². The smallest absolute Gasteiger partial charge is 0.152 e. The summed E-state index contributed by atoms with van der Waals surface area (Å²) in [4.78, 5) is 0. The van der Waals surface area contributed by atoms with E-state index in [1.54, 1.807) is 21.0 Å². The highest BCUT2D eigenvalue weighted by atomic mass is 35.5. The van der Waals surface area contributed by atoms with Gasteiger partial charge in [-0.25, -0.2) is 8.42 Å². The van der Waals surface area contributed by atoms with Crippen LogP contribution in [0.1, 0.15) is 26.7 Å². The van der Waals surface area contributed by atoms with Crippen LogP contribution in [-0.4, -0.2) is 294 Å². The van der Waals surface area contributed by atoms with Crippen LogP contribution in [0.4, 0.5) is 0 Å². The van der Waals surface area contributed by atoms with Crippen molar-refractivity contribution in [3.63, 3.8) is 0 Å². The molecule has 0 N–H and O–H groups in total. The number of hydrogen-bond donors (Lipinski definition) is 0. The molecular weight excluding hydrogens is 1030 g/mol. The monoisotopic (exact) mass is 1130 g/mol. The van der Waals surface area contributed by atoms with E-state index in [2.05, 4.69) is 0 Å². The zero-order valence-corrected chi connectivity index (χ0v) is 46.8. The Balaban J connectivity index is 3.14. The van der Waals surface area contributed by atoms with E-state index in [4.69, 9.17) is 118 Å². The van der Waals surface area contributed by atoms with E-state index in [1.165, 1.54) is 0 Å². The van der Waals surface area contributed by atoms with Crippen LogP contribution in [0, 0.1) is 0 Å². The third-order valence-electron chi connectivity index (χ3n) is 9.35. The molecule has 23 nitrogen and oxygen atoms in total. The Morgan fingerprint density at radius 3 is 0.658 bits per heavy atom. The third-order valence-corrected chi connectivity index (χ3v) is 11.9. The van der Waals surface area contributed by atoms with Gasteiger partial charge in [-0.3, -0.25) is 0 Å². The van der Waals surface area contributed by atoms with Gasteiger partial charge in [0.2, 0.25) is 0 Å². The summed E-state index contributed by atoms with van der Waals surface area (Å²) in [7, 11) is -1.62. The molecule has 0 aromatic rings. The molecule has 0 atom stereocenters. The number of sulfone groups is 1.